The Kier molecular flexibility index (Phi) is 4.67. The lowest BCUT2D eigenvalue weighted by molar-refractivity contribution is -0.116. The fourth-order valence-corrected chi connectivity index (χ4v) is 3.08. The highest BCUT2D eigenvalue weighted by molar-refractivity contribution is 7.17. The average molecular weight is 337 g/mol. The number of primary amides is 1. The summed E-state index contributed by atoms with van der Waals surface area (Å²) in [4.78, 5) is 28.3. The summed E-state index contributed by atoms with van der Waals surface area (Å²) in [6.07, 6.45) is 1.36. The van der Waals surface area contributed by atoms with Crippen LogP contribution in [0, 0.1) is 0 Å². The minimum atomic E-state index is -0.560. The molecule has 0 aliphatic rings. The summed E-state index contributed by atoms with van der Waals surface area (Å²) in [6, 6.07) is 19.0. The van der Waals surface area contributed by atoms with Crippen LogP contribution in [0.5, 0.6) is 0 Å². The molecule has 1 heterocycles. The average Bonchev–Trinajstić information content (AvgIpc) is 3.06. The molecule has 2 aromatic carbocycles. The third kappa shape index (κ3) is 3.49. The molecule has 6 heteroatoms. The maximum Gasteiger partial charge on any atom is 0.260 e. The predicted octanol–water partition coefficient (Wildman–Crippen LogP) is 3.01. The maximum atomic E-state index is 12.8. The van der Waals surface area contributed by atoms with Crippen molar-refractivity contribution in [2.24, 2.45) is 5.73 Å². The van der Waals surface area contributed by atoms with Crippen molar-refractivity contribution in [2.75, 3.05) is 5.32 Å². The van der Waals surface area contributed by atoms with Crippen molar-refractivity contribution >= 4 is 28.3 Å². The summed E-state index contributed by atoms with van der Waals surface area (Å²) < 4.78 is 0. The Bertz CT molecular complexity index is 807. The van der Waals surface area contributed by atoms with Crippen LogP contribution in [0.15, 0.2) is 66.9 Å². The van der Waals surface area contributed by atoms with Crippen molar-refractivity contribution < 1.29 is 9.59 Å². The second-order valence-corrected chi connectivity index (χ2v) is 6.17. The predicted molar refractivity (Wildman–Crippen MR) is 94.0 cm³/mol. The lowest BCUT2D eigenvalue weighted by atomic mass is 9.90. The molecular formula is C18H15N3O2S. The van der Waals surface area contributed by atoms with Crippen LogP contribution in [0.4, 0.5) is 5.13 Å². The van der Waals surface area contributed by atoms with E-state index in [4.69, 9.17) is 5.73 Å². The van der Waals surface area contributed by atoms with Crippen LogP contribution >= 0.6 is 11.3 Å². The molecule has 0 bridgehead atoms. The number of aromatic nitrogens is 1. The van der Waals surface area contributed by atoms with Crippen LogP contribution in [-0.4, -0.2) is 16.8 Å². The van der Waals surface area contributed by atoms with E-state index in [1.807, 2.05) is 60.7 Å². The lowest BCUT2D eigenvalue weighted by Crippen LogP contribution is -2.22. The Hall–Kier alpha value is -2.99. The number of thiazole rings is 1. The monoisotopic (exact) mass is 337 g/mol. The normalized spacial score (nSPS) is 10.5. The largest absolute Gasteiger partial charge is 0.365 e. The van der Waals surface area contributed by atoms with Gasteiger partial charge < -0.3 is 11.1 Å². The number of nitrogens with one attached hydrogen (secondary N) is 1. The van der Waals surface area contributed by atoms with E-state index in [2.05, 4.69) is 10.3 Å². The van der Waals surface area contributed by atoms with Gasteiger partial charge in [0, 0.05) is 0 Å². The molecule has 0 radical (unpaired) electrons. The first-order chi connectivity index (χ1) is 11.6. The van der Waals surface area contributed by atoms with Crippen LogP contribution in [0.2, 0.25) is 0 Å². The van der Waals surface area contributed by atoms with Crippen LogP contribution in [-0.2, 0) is 4.79 Å². The molecular weight excluding hydrogens is 322 g/mol. The van der Waals surface area contributed by atoms with Gasteiger partial charge in [-0.2, -0.15) is 0 Å². The van der Waals surface area contributed by atoms with Crippen molar-refractivity contribution in [3.05, 3.63) is 82.9 Å². The van der Waals surface area contributed by atoms with E-state index in [0.717, 1.165) is 22.5 Å². The third-order valence-electron chi connectivity index (χ3n) is 3.51. The highest BCUT2D eigenvalue weighted by Gasteiger charge is 2.23. The van der Waals surface area contributed by atoms with Crippen molar-refractivity contribution in [1.82, 2.24) is 4.98 Å². The van der Waals surface area contributed by atoms with Gasteiger partial charge in [0.1, 0.15) is 4.88 Å². The van der Waals surface area contributed by atoms with Gasteiger partial charge in [-0.15, -0.1) is 0 Å². The third-order valence-corrected chi connectivity index (χ3v) is 4.43. The van der Waals surface area contributed by atoms with Crippen LogP contribution in [0.25, 0.3) is 0 Å². The van der Waals surface area contributed by atoms with Crippen molar-refractivity contribution in [3.63, 3.8) is 0 Å². The molecule has 0 aliphatic heterocycles. The van der Waals surface area contributed by atoms with Crippen molar-refractivity contribution in [1.29, 1.82) is 0 Å². The zero-order chi connectivity index (χ0) is 16.9. The number of hydrogen-bond donors (Lipinski definition) is 2. The summed E-state index contributed by atoms with van der Waals surface area (Å²) in [5.41, 5.74) is 6.98. The lowest BCUT2D eigenvalue weighted by Gasteiger charge is -2.16. The summed E-state index contributed by atoms with van der Waals surface area (Å²) in [5, 5.41) is 3.13. The molecule has 3 N–H and O–H groups in total. The van der Waals surface area contributed by atoms with Gasteiger partial charge in [0.15, 0.2) is 5.13 Å². The van der Waals surface area contributed by atoms with Gasteiger partial charge in [-0.1, -0.05) is 72.0 Å². The number of rotatable bonds is 5. The molecule has 1 aromatic heterocycles. The number of carbonyl (C=O) groups is 2. The molecule has 0 saturated heterocycles. The summed E-state index contributed by atoms with van der Waals surface area (Å²) in [6.45, 7) is 0. The SMILES string of the molecule is NC(=O)c1cnc(NC(=O)C(c2ccccc2)c2ccccc2)s1. The Morgan fingerprint density at radius 1 is 0.958 bits per heavy atom. The minimum absolute atomic E-state index is 0.210. The van der Waals surface area contributed by atoms with Gasteiger partial charge in [0.05, 0.1) is 12.1 Å². The summed E-state index contributed by atoms with van der Waals surface area (Å²) in [7, 11) is 0. The molecule has 0 fully saturated rings. The van der Waals surface area contributed by atoms with Gasteiger partial charge in [-0.05, 0) is 11.1 Å². The van der Waals surface area contributed by atoms with Gasteiger partial charge in [-0.25, -0.2) is 4.98 Å². The number of nitrogens with two attached hydrogens (primary N) is 1. The molecule has 3 rings (SSSR count). The fourth-order valence-electron chi connectivity index (χ4n) is 2.41. The van der Waals surface area contributed by atoms with E-state index in [1.165, 1.54) is 6.20 Å². The van der Waals surface area contributed by atoms with E-state index >= 15 is 0 Å². The zero-order valence-corrected chi connectivity index (χ0v) is 13.5. The standard InChI is InChI=1S/C18H15N3O2S/c19-16(22)14-11-20-18(24-14)21-17(23)15(12-7-3-1-4-8-12)13-9-5-2-6-10-13/h1-11,15H,(H2,19,22)(H,20,21,23). The van der Waals surface area contributed by atoms with E-state index in [-0.39, 0.29) is 5.91 Å². The van der Waals surface area contributed by atoms with Gasteiger partial charge in [0.25, 0.3) is 5.91 Å². The van der Waals surface area contributed by atoms with Gasteiger partial charge in [0.2, 0.25) is 5.91 Å². The quantitative estimate of drug-likeness (QED) is 0.750. The molecule has 2 amide bonds. The molecule has 0 saturated carbocycles. The summed E-state index contributed by atoms with van der Waals surface area (Å²) >= 11 is 1.06. The molecule has 0 atom stereocenters. The molecule has 3 aromatic rings. The molecule has 5 nitrogen and oxygen atoms in total. The molecule has 0 aliphatic carbocycles. The number of nitrogens with zero attached hydrogens (tertiary/aromatic N) is 1. The Morgan fingerprint density at radius 3 is 1.96 bits per heavy atom. The Morgan fingerprint density at radius 2 is 1.50 bits per heavy atom. The fraction of sp³-hybridized carbons (Fsp3) is 0.0556. The number of hydrogen-bond acceptors (Lipinski definition) is 4. The number of amides is 2. The van der Waals surface area contributed by atoms with Crippen molar-refractivity contribution in [3.8, 4) is 0 Å². The molecule has 0 unspecified atom stereocenters. The van der Waals surface area contributed by atoms with Crippen LogP contribution in [0.1, 0.15) is 26.7 Å². The number of carbonyl (C=O) groups excluding carboxylic acids is 2. The van der Waals surface area contributed by atoms with Crippen LogP contribution < -0.4 is 11.1 Å². The number of benzene rings is 2. The molecule has 0 spiro atoms. The van der Waals surface area contributed by atoms with Gasteiger partial charge in [-0.3, -0.25) is 9.59 Å². The van der Waals surface area contributed by atoms with E-state index in [0.29, 0.717) is 10.0 Å². The first-order valence-corrected chi connectivity index (χ1v) is 8.13. The van der Waals surface area contributed by atoms with E-state index < -0.39 is 11.8 Å². The highest BCUT2D eigenvalue weighted by Crippen LogP contribution is 2.27. The number of anilines is 1. The Labute approximate surface area is 143 Å². The smallest absolute Gasteiger partial charge is 0.260 e. The summed E-state index contributed by atoms with van der Waals surface area (Å²) in [5.74, 6) is -1.23. The Balaban J connectivity index is 1.90. The highest BCUT2D eigenvalue weighted by atomic mass is 32.1. The second kappa shape index (κ2) is 7.06. The first kappa shape index (κ1) is 15.9. The van der Waals surface area contributed by atoms with Crippen molar-refractivity contribution in [2.45, 2.75) is 5.92 Å². The zero-order valence-electron chi connectivity index (χ0n) is 12.7. The second-order valence-electron chi connectivity index (χ2n) is 5.14. The van der Waals surface area contributed by atoms with E-state index in [1.54, 1.807) is 0 Å². The topological polar surface area (TPSA) is 85.1 Å². The molecule has 24 heavy (non-hydrogen) atoms. The maximum absolute atomic E-state index is 12.8. The van der Waals surface area contributed by atoms with E-state index in [9.17, 15) is 9.59 Å². The molecule has 120 valence electrons. The van der Waals surface area contributed by atoms with Crippen LogP contribution in [0.3, 0.4) is 0 Å². The minimum Gasteiger partial charge on any atom is -0.365 e. The van der Waals surface area contributed by atoms with Gasteiger partial charge >= 0.3 is 0 Å². The first-order valence-electron chi connectivity index (χ1n) is 7.31.